The van der Waals surface area contributed by atoms with Gasteiger partial charge in [0.15, 0.2) is 0 Å². The quantitative estimate of drug-likeness (QED) is 0.762. The van der Waals surface area contributed by atoms with Crippen molar-refractivity contribution >= 4 is 17.6 Å². The van der Waals surface area contributed by atoms with E-state index in [1.165, 1.54) is 19.3 Å². The molecule has 0 saturated heterocycles. The molecule has 6 aliphatic rings. The average molecular weight is 344 g/mol. The molecular weight excluding hydrogens is 320 g/mol. The zero-order valence-corrected chi connectivity index (χ0v) is 14.1. The molecule has 2 N–H and O–H groups in total. The molecule has 5 aliphatic carbocycles. The summed E-state index contributed by atoms with van der Waals surface area (Å²) < 4.78 is 0. The van der Waals surface area contributed by atoms with Crippen molar-refractivity contribution in [2.45, 2.75) is 38.2 Å². The number of fused-ring (bicyclic) bond motifs is 7. The number of carbonyl (C=O) groups excluding carboxylic acids is 1. The molecule has 0 spiro atoms. The molecule has 4 bridgehead atoms. The molecule has 6 nitrogen and oxygen atoms in total. The van der Waals surface area contributed by atoms with E-state index in [2.05, 4.69) is 10.5 Å². The smallest absolute Gasteiger partial charge is 0.307 e. The van der Waals surface area contributed by atoms with Crippen LogP contribution < -0.4 is 5.32 Å². The fourth-order valence-corrected chi connectivity index (χ4v) is 6.18. The summed E-state index contributed by atoms with van der Waals surface area (Å²) in [4.78, 5) is 30.1. The number of carboxylic acid groups (broad SMARTS) is 1. The van der Waals surface area contributed by atoms with Crippen LogP contribution in [-0.4, -0.2) is 35.3 Å². The maximum Gasteiger partial charge on any atom is 0.307 e. The molecule has 6 heteroatoms. The predicted molar refractivity (Wildman–Crippen MR) is 89.6 cm³/mol. The maximum atomic E-state index is 12.8. The van der Waals surface area contributed by atoms with Gasteiger partial charge in [0.2, 0.25) is 5.91 Å². The second-order valence-electron chi connectivity index (χ2n) is 8.41. The van der Waals surface area contributed by atoms with Gasteiger partial charge in [0.05, 0.1) is 24.1 Å². The molecule has 0 aromatic carbocycles. The van der Waals surface area contributed by atoms with Gasteiger partial charge in [-0.1, -0.05) is 17.3 Å². The largest absolute Gasteiger partial charge is 0.481 e. The number of hydrogen-bond acceptors (Lipinski definition) is 4. The summed E-state index contributed by atoms with van der Waals surface area (Å²) in [6.45, 7) is 0.396. The number of aliphatic carboxylic acids is 1. The number of carboxylic acids is 1. The molecule has 6 rings (SSSR count). The fourth-order valence-electron chi connectivity index (χ4n) is 6.18. The van der Waals surface area contributed by atoms with Gasteiger partial charge in [-0.3, -0.25) is 9.59 Å². The predicted octanol–water partition coefficient (Wildman–Crippen LogP) is 1.82. The number of nitrogens with one attached hydrogen (secondary N) is 1. The zero-order chi connectivity index (χ0) is 17.1. The van der Waals surface area contributed by atoms with Gasteiger partial charge < -0.3 is 15.3 Å². The minimum absolute atomic E-state index is 0.0136. The van der Waals surface area contributed by atoms with E-state index in [1.807, 2.05) is 12.2 Å². The van der Waals surface area contributed by atoms with E-state index in [4.69, 9.17) is 4.84 Å². The van der Waals surface area contributed by atoms with Crippen molar-refractivity contribution < 1.29 is 19.5 Å². The second kappa shape index (κ2) is 5.58. The first-order valence-electron chi connectivity index (χ1n) is 9.55. The third-order valence-electron chi connectivity index (χ3n) is 7.30. The van der Waals surface area contributed by atoms with E-state index in [-0.39, 0.29) is 23.8 Å². The van der Waals surface area contributed by atoms with Crippen LogP contribution in [0.5, 0.6) is 0 Å². The highest BCUT2D eigenvalue weighted by atomic mass is 16.6. The van der Waals surface area contributed by atoms with Crippen molar-refractivity contribution in [1.82, 2.24) is 5.32 Å². The van der Waals surface area contributed by atoms with Gasteiger partial charge in [-0.05, 0) is 55.8 Å². The Kier molecular flexibility index (Phi) is 3.44. The molecule has 3 fully saturated rings. The molecule has 25 heavy (non-hydrogen) atoms. The summed E-state index contributed by atoms with van der Waals surface area (Å²) in [6.07, 6.45) is 9.72. The molecule has 0 aromatic rings. The van der Waals surface area contributed by atoms with Crippen LogP contribution in [0.4, 0.5) is 0 Å². The number of amides is 1. The maximum absolute atomic E-state index is 12.8. The van der Waals surface area contributed by atoms with Gasteiger partial charge in [-0.25, -0.2) is 0 Å². The zero-order valence-electron chi connectivity index (χ0n) is 14.1. The van der Waals surface area contributed by atoms with Gasteiger partial charge in [-0.2, -0.15) is 0 Å². The van der Waals surface area contributed by atoms with Crippen LogP contribution in [0.25, 0.3) is 0 Å². The van der Waals surface area contributed by atoms with E-state index in [0.717, 1.165) is 18.6 Å². The topological polar surface area (TPSA) is 88.0 Å². The normalized spacial score (nSPS) is 45.8. The van der Waals surface area contributed by atoms with E-state index >= 15 is 0 Å². The highest BCUT2D eigenvalue weighted by Gasteiger charge is 2.54. The lowest BCUT2D eigenvalue weighted by Crippen LogP contribution is -2.50. The number of hydrogen-bond donors (Lipinski definition) is 2. The molecule has 0 radical (unpaired) electrons. The summed E-state index contributed by atoms with van der Waals surface area (Å²) in [5.74, 6) is -0.382. The Balaban J connectivity index is 1.26. The molecule has 1 amide bonds. The molecule has 3 saturated carbocycles. The van der Waals surface area contributed by atoms with Gasteiger partial charge in [-0.15, -0.1) is 0 Å². The molecule has 2 unspecified atom stereocenters. The van der Waals surface area contributed by atoms with Crippen LogP contribution in [0.1, 0.15) is 32.1 Å². The van der Waals surface area contributed by atoms with E-state index in [9.17, 15) is 14.7 Å². The molecule has 1 aliphatic heterocycles. The van der Waals surface area contributed by atoms with Crippen LogP contribution in [0, 0.1) is 41.4 Å². The van der Waals surface area contributed by atoms with Crippen molar-refractivity contribution in [3.63, 3.8) is 0 Å². The summed E-state index contributed by atoms with van der Waals surface area (Å²) in [5.41, 5.74) is 0.953. The Morgan fingerprint density at radius 2 is 1.84 bits per heavy atom. The number of rotatable bonds is 4. The van der Waals surface area contributed by atoms with Gasteiger partial charge in [0, 0.05) is 5.92 Å². The Bertz CT molecular complexity index is 672. The van der Waals surface area contributed by atoms with Crippen molar-refractivity contribution in [2.24, 2.45) is 46.6 Å². The van der Waals surface area contributed by atoms with E-state index in [0.29, 0.717) is 24.3 Å². The third-order valence-corrected chi connectivity index (χ3v) is 7.30. The first kappa shape index (κ1) is 15.4. The van der Waals surface area contributed by atoms with Crippen molar-refractivity contribution in [1.29, 1.82) is 0 Å². The van der Waals surface area contributed by atoms with Crippen LogP contribution in [0.2, 0.25) is 0 Å². The minimum Gasteiger partial charge on any atom is -0.481 e. The molecule has 0 aromatic heterocycles. The van der Waals surface area contributed by atoms with E-state index < -0.39 is 17.8 Å². The number of nitrogens with zero attached hydrogens (tertiary/aromatic N) is 1. The summed E-state index contributed by atoms with van der Waals surface area (Å²) in [6, 6.07) is 0. The molecule has 1 heterocycles. The Labute approximate surface area is 146 Å². The van der Waals surface area contributed by atoms with Crippen LogP contribution >= 0.6 is 0 Å². The first-order chi connectivity index (χ1) is 12.1. The third kappa shape index (κ3) is 2.26. The first-order valence-corrected chi connectivity index (χ1v) is 9.55. The van der Waals surface area contributed by atoms with Gasteiger partial charge >= 0.3 is 5.97 Å². The molecule has 134 valence electrons. The standard InChI is InChI=1S/C19H24N2O4/c22-18(15-9-1-3-10(4-2-9)16(15)19(23)24)20-8-13-14-11-5-6-12(7-11)17(14)25-21-13/h1,3,9-12,14-17H,2,4-8H2,(H,20,22)(H,23,24)/t9?,10?,11-,12+,14-,15-,16+,17-/m1/s1. The van der Waals surface area contributed by atoms with Crippen molar-refractivity contribution in [3.05, 3.63) is 12.2 Å². The van der Waals surface area contributed by atoms with Crippen LogP contribution in [-0.2, 0) is 14.4 Å². The lowest BCUT2D eigenvalue weighted by molar-refractivity contribution is -0.152. The average Bonchev–Trinajstić information content (AvgIpc) is 3.33. The Morgan fingerprint density at radius 3 is 2.56 bits per heavy atom. The lowest BCUT2D eigenvalue weighted by Gasteiger charge is -2.41. The number of oxime groups is 1. The SMILES string of the molecule is O=C(NCC1=NO[C@@H]2[C@H]3CC[C@H](C3)[C@H]12)[C@@H]1C2C=CC(CC2)[C@@H]1C(=O)O. The van der Waals surface area contributed by atoms with Crippen LogP contribution in [0.3, 0.4) is 0 Å². The molecular formula is C19H24N2O4. The van der Waals surface area contributed by atoms with Crippen LogP contribution in [0.15, 0.2) is 17.3 Å². The fraction of sp³-hybridized carbons (Fsp3) is 0.737. The summed E-state index contributed by atoms with van der Waals surface area (Å²) in [5, 5.41) is 16.8. The van der Waals surface area contributed by atoms with Crippen molar-refractivity contribution in [3.8, 4) is 0 Å². The monoisotopic (exact) mass is 344 g/mol. The Morgan fingerprint density at radius 1 is 1.12 bits per heavy atom. The lowest BCUT2D eigenvalue weighted by atomic mass is 9.62. The Hall–Kier alpha value is -1.85. The van der Waals surface area contributed by atoms with Crippen molar-refractivity contribution in [2.75, 3.05) is 6.54 Å². The summed E-state index contributed by atoms with van der Waals surface area (Å²) in [7, 11) is 0. The molecule has 8 atom stereocenters. The summed E-state index contributed by atoms with van der Waals surface area (Å²) >= 11 is 0. The minimum atomic E-state index is -0.853. The van der Waals surface area contributed by atoms with E-state index in [1.54, 1.807) is 0 Å². The van der Waals surface area contributed by atoms with Gasteiger partial charge in [0.25, 0.3) is 0 Å². The highest BCUT2D eigenvalue weighted by Crippen LogP contribution is 2.52. The second-order valence-corrected chi connectivity index (χ2v) is 8.41. The van der Waals surface area contributed by atoms with Gasteiger partial charge in [0.1, 0.15) is 6.10 Å². The highest BCUT2D eigenvalue weighted by molar-refractivity contribution is 5.94. The number of allylic oxidation sites excluding steroid dienone is 2. The number of carbonyl (C=O) groups is 2.